The highest BCUT2D eigenvalue weighted by Gasteiger charge is 2.22. The molecule has 0 aliphatic rings. The number of benzene rings is 2. The quantitative estimate of drug-likeness (QED) is 0.562. The van der Waals surface area contributed by atoms with Gasteiger partial charge in [-0.1, -0.05) is 13.8 Å². The Morgan fingerprint density at radius 1 is 1.10 bits per heavy atom. The van der Waals surface area contributed by atoms with Crippen molar-refractivity contribution in [3.05, 3.63) is 47.0 Å². The van der Waals surface area contributed by atoms with Crippen LogP contribution in [0.15, 0.2) is 40.1 Å². The zero-order valence-electron chi connectivity index (χ0n) is 18.5. The summed E-state index contributed by atoms with van der Waals surface area (Å²) in [5.74, 6) is 0.785. The van der Waals surface area contributed by atoms with E-state index in [1.54, 1.807) is 19.2 Å². The van der Waals surface area contributed by atoms with Gasteiger partial charge in [0.05, 0.1) is 17.7 Å². The number of carbonyl (C=O) groups is 1. The monoisotopic (exact) mass is 450 g/mol. The van der Waals surface area contributed by atoms with Gasteiger partial charge in [0, 0.05) is 17.9 Å². The molecule has 0 spiro atoms. The fourth-order valence-electron chi connectivity index (χ4n) is 3.32. The van der Waals surface area contributed by atoms with E-state index in [9.17, 15) is 13.2 Å². The zero-order valence-corrected chi connectivity index (χ0v) is 20.1. The summed E-state index contributed by atoms with van der Waals surface area (Å²) < 4.78 is 34.4. The van der Waals surface area contributed by atoms with Gasteiger partial charge >= 0.3 is 0 Å². The maximum atomic E-state index is 13.1. The number of thioether (sulfide) groups is 1. The topological polar surface area (TPSA) is 84.5 Å². The van der Waals surface area contributed by atoms with Crippen molar-refractivity contribution in [3.63, 3.8) is 0 Å². The van der Waals surface area contributed by atoms with Crippen LogP contribution in [0.5, 0.6) is 5.75 Å². The predicted molar refractivity (Wildman–Crippen MR) is 123 cm³/mol. The van der Waals surface area contributed by atoms with Crippen LogP contribution in [-0.2, 0) is 14.8 Å². The summed E-state index contributed by atoms with van der Waals surface area (Å²) in [5.41, 5.74) is 3.35. The van der Waals surface area contributed by atoms with E-state index in [0.717, 1.165) is 27.3 Å². The van der Waals surface area contributed by atoms with E-state index in [-0.39, 0.29) is 16.7 Å². The summed E-state index contributed by atoms with van der Waals surface area (Å²) in [6.07, 6.45) is 1.87. The molecule has 1 atom stereocenters. The summed E-state index contributed by atoms with van der Waals surface area (Å²) >= 11 is 1.44. The van der Waals surface area contributed by atoms with Crippen molar-refractivity contribution in [2.75, 3.05) is 18.7 Å². The van der Waals surface area contributed by atoms with Gasteiger partial charge in [-0.15, -0.1) is 11.8 Å². The molecule has 0 heterocycles. The maximum absolute atomic E-state index is 13.1. The number of ether oxygens (including phenoxy) is 1. The van der Waals surface area contributed by atoms with E-state index < -0.39 is 16.1 Å². The number of aryl methyl sites for hydroxylation is 1. The molecule has 0 saturated heterocycles. The largest absolute Gasteiger partial charge is 0.496 e. The van der Waals surface area contributed by atoms with Crippen molar-refractivity contribution in [2.45, 2.75) is 56.4 Å². The molecule has 0 radical (unpaired) electrons. The number of nitrogens with one attached hydrogen (secondary N) is 2. The fraction of sp³-hybridized carbons (Fsp3) is 0.409. The molecule has 164 valence electrons. The maximum Gasteiger partial charge on any atom is 0.241 e. The van der Waals surface area contributed by atoms with Crippen LogP contribution in [0.1, 0.15) is 56.3 Å². The highest BCUT2D eigenvalue weighted by Crippen LogP contribution is 2.33. The normalized spacial score (nSPS) is 12.7. The van der Waals surface area contributed by atoms with Crippen molar-refractivity contribution >= 4 is 33.4 Å². The van der Waals surface area contributed by atoms with Crippen molar-refractivity contribution in [1.82, 2.24) is 4.72 Å². The first-order chi connectivity index (χ1) is 14.0. The number of sulfonamides is 1. The molecule has 0 saturated carbocycles. The van der Waals surface area contributed by atoms with Gasteiger partial charge in [0.1, 0.15) is 5.75 Å². The van der Waals surface area contributed by atoms with Crippen LogP contribution >= 0.6 is 11.8 Å². The number of methoxy groups -OCH3 is 1. The van der Waals surface area contributed by atoms with Crippen molar-refractivity contribution < 1.29 is 17.9 Å². The van der Waals surface area contributed by atoms with Gasteiger partial charge in [-0.3, -0.25) is 4.79 Å². The third-order valence-electron chi connectivity index (χ3n) is 4.83. The Hall–Kier alpha value is -2.03. The minimum atomic E-state index is -3.80. The Bertz CT molecular complexity index is 1030. The van der Waals surface area contributed by atoms with E-state index in [4.69, 9.17) is 4.74 Å². The average molecular weight is 451 g/mol. The van der Waals surface area contributed by atoms with Gasteiger partial charge in [0.25, 0.3) is 0 Å². The molecule has 1 amide bonds. The molecule has 0 bridgehead atoms. The number of rotatable bonds is 8. The molecular formula is C22H30N2O4S2. The van der Waals surface area contributed by atoms with Crippen LogP contribution in [0, 0.1) is 6.92 Å². The summed E-state index contributed by atoms with van der Waals surface area (Å²) in [6, 6.07) is 8.24. The Labute approximate surface area is 183 Å². The second kappa shape index (κ2) is 9.85. The van der Waals surface area contributed by atoms with Crippen molar-refractivity contribution in [2.24, 2.45) is 0 Å². The van der Waals surface area contributed by atoms with E-state index in [1.807, 2.05) is 32.2 Å². The Morgan fingerprint density at radius 2 is 1.77 bits per heavy atom. The van der Waals surface area contributed by atoms with Crippen LogP contribution in [-0.4, -0.2) is 27.7 Å². The highest BCUT2D eigenvalue weighted by molar-refractivity contribution is 7.98. The van der Waals surface area contributed by atoms with Gasteiger partial charge in [-0.25, -0.2) is 13.1 Å². The summed E-state index contributed by atoms with van der Waals surface area (Å²) in [4.78, 5) is 12.4. The first-order valence-electron chi connectivity index (χ1n) is 9.66. The zero-order chi connectivity index (χ0) is 22.6. The summed E-state index contributed by atoms with van der Waals surface area (Å²) in [5, 5.41) is 2.70. The highest BCUT2D eigenvalue weighted by atomic mass is 32.2. The first-order valence-corrected chi connectivity index (χ1v) is 12.4. The lowest BCUT2D eigenvalue weighted by atomic mass is 9.94. The standard InChI is InChI=1S/C22H30N2O4S2/c1-13(2)18-12-19(14(3)10-21(18)28-6)15(4)24-30(26,27)17-8-9-22(29-7)20(11-17)23-16(5)25/h8-13,15,24H,1-7H3,(H,23,25). The fourth-order valence-corrected chi connectivity index (χ4v) is 5.10. The van der Waals surface area contributed by atoms with Crippen LogP contribution < -0.4 is 14.8 Å². The van der Waals surface area contributed by atoms with E-state index in [2.05, 4.69) is 23.9 Å². The molecular weight excluding hydrogens is 420 g/mol. The minimum absolute atomic E-state index is 0.103. The molecule has 2 rings (SSSR count). The number of anilines is 1. The molecule has 2 aromatic rings. The minimum Gasteiger partial charge on any atom is -0.496 e. The SMILES string of the molecule is COc1cc(C)c(C(C)NS(=O)(=O)c2ccc(SC)c(NC(C)=O)c2)cc1C(C)C. The second-order valence-corrected chi connectivity index (χ2v) is 10.1. The molecule has 2 aromatic carbocycles. The van der Waals surface area contributed by atoms with E-state index in [1.165, 1.54) is 24.8 Å². The lowest BCUT2D eigenvalue weighted by Gasteiger charge is -2.21. The molecule has 30 heavy (non-hydrogen) atoms. The molecule has 6 nitrogen and oxygen atoms in total. The number of hydrogen-bond donors (Lipinski definition) is 2. The molecule has 0 aromatic heterocycles. The molecule has 0 aliphatic heterocycles. The van der Waals surface area contributed by atoms with E-state index >= 15 is 0 Å². The molecule has 1 unspecified atom stereocenters. The molecule has 8 heteroatoms. The van der Waals surface area contributed by atoms with Gasteiger partial charge in [-0.05, 0) is 73.0 Å². The Morgan fingerprint density at radius 3 is 2.30 bits per heavy atom. The van der Waals surface area contributed by atoms with Crippen LogP contribution in [0.25, 0.3) is 0 Å². The second-order valence-electron chi connectivity index (χ2n) is 7.49. The third kappa shape index (κ3) is 5.56. The summed E-state index contributed by atoms with van der Waals surface area (Å²) in [7, 11) is -2.16. The average Bonchev–Trinajstić information content (AvgIpc) is 2.66. The van der Waals surface area contributed by atoms with Gasteiger partial charge < -0.3 is 10.1 Å². The third-order valence-corrected chi connectivity index (χ3v) is 7.16. The van der Waals surface area contributed by atoms with Crippen LogP contribution in [0.3, 0.4) is 0 Å². The molecule has 0 aliphatic carbocycles. The number of carbonyl (C=O) groups excluding carboxylic acids is 1. The Kier molecular flexibility index (Phi) is 7.96. The lowest BCUT2D eigenvalue weighted by Crippen LogP contribution is -2.27. The summed E-state index contributed by atoms with van der Waals surface area (Å²) in [6.45, 7) is 9.30. The van der Waals surface area contributed by atoms with E-state index in [0.29, 0.717) is 5.69 Å². The lowest BCUT2D eigenvalue weighted by molar-refractivity contribution is -0.114. The van der Waals surface area contributed by atoms with Gasteiger partial charge in [0.2, 0.25) is 15.9 Å². The number of amides is 1. The predicted octanol–water partition coefficient (Wildman–Crippen LogP) is 4.85. The van der Waals surface area contributed by atoms with Gasteiger partial charge in [0.15, 0.2) is 0 Å². The number of hydrogen-bond acceptors (Lipinski definition) is 5. The van der Waals surface area contributed by atoms with Crippen LogP contribution in [0.2, 0.25) is 0 Å². The first kappa shape index (κ1) is 24.2. The molecule has 2 N–H and O–H groups in total. The Balaban J connectivity index is 2.40. The van der Waals surface area contributed by atoms with Crippen molar-refractivity contribution in [1.29, 1.82) is 0 Å². The van der Waals surface area contributed by atoms with Crippen molar-refractivity contribution in [3.8, 4) is 5.75 Å². The van der Waals surface area contributed by atoms with Gasteiger partial charge in [-0.2, -0.15) is 0 Å². The van der Waals surface area contributed by atoms with Crippen LogP contribution in [0.4, 0.5) is 5.69 Å². The smallest absolute Gasteiger partial charge is 0.241 e. The molecule has 0 fully saturated rings.